The molecule has 0 bridgehead atoms. The summed E-state index contributed by atoms with van der Waals surface area (Å²) in [5.41, 5.74) is 3.67. The highest BCUT2D eigenvalue weighted by Gasteiger charge is 2.25. The first-order valence-electron chi connectivity index (χ1n) is 7.51. The van der Waals surface area contributed by atoms with Crippen molar-refractivity contribution in [3.05, 3.63) is 77.6 Å². The average Bonchev–Trinajstić information content (AvgIpc) is 2.83. The minimum Gasteiger partial charge on any atom is -0.225 e. The third-order valence-electron chi connectivity index (χ3n) is 3.97. The molecular formula is C19H18FNO2S. The number of nitrogens with two attached hydrogens (primary N) is 1. The molecule has 0 radical (unpaired) electrons. The normalized spacial score (nSPS) is 16.7. The van der Waals surface area contributed by atoms with Crippen molar-refractivity contribution in [3.8, 4) is 0 Å². The van der Waals surface area contributed by atoms with Crippen LogP contribution in [-0.4, -0.2) is 8.42 Å². The molecule has 5 heteroatoms. The van der Waals surface area contributed by atoms with Gasteiger partial charge >= 0.3 is 0 Å². The van der Waals surface area contributed by atoms with Gasteiger partial charge in [-0.15, -0.1) is 0 Å². The van der Waals surface area contributed by atoms with E-state index in [1.54, 1.807) is 24.3 Å². The average molecular weight is 343 g/mol. The largest absolute Gasteiger partial charge is 0.238 e. The monoisotopic (exact) mass is 343 g/mol. The first-order valence-corrected chi connectivity index (χ1v) is 9.06. The summed E-state index contributed by atoms with van der Waals surface area (Å²) in [4.78, 5) is 0.0800. The van der Waals surface area contributed by atoms with Gasteiger partial charge in [-0.2, -0.15) is 0 Å². The van der Waals surface area contributed by atoms with Crippen molar-refractivity contribution in [1.82, 2.24) is 0 Å². The Hall–Kier alpha value is -2.24. The van der Waals surface area contributed by atoms with Gasteiger partial charge in [-0.3, -0.25) is 0 Å². The number of benzene rings is 2. The van der Waals surface area contributed by atoms with Crippen molar-refractivity contribution in [3.63, 3.8) is 0 Å². The second kappa shape index (κ2) is 5.69. The molecule has 2 N–H and O–H groups in total. The zero-order chi connectivity index (χ0) is 17.5. The topological polar surface area (TPSA) is 60.2 Å². The van der Waals surface area contributed by atoms with E-state index in [0.717, 1.165) is 22.3 Å². The van der Waals surface area contributed by atoms with Gasteiger partial charge in [0, 0.05) is 5.41 Å². The van der Waals surface area contributed by atoms with Crippen molar-refractivity contribution in [2.75, 3.05) is 0 Å². The van der Waals surface area contributed by atoms with Crippen LogP contribution in [0.2, 0.25) is 0 Å². The highest BCUT2D eigenvalue weighted by molar-refractivity contribution is 7.89. The van der Waals surface area contributed by atoms with Crippen molar-refractivity contribution in [2.24, 2.45) is 10.6 Å². The molecule has 124 valence electrons. The van der Waals surface area contributed by atoms with Crippen LogP contribution in [-0.2, 0) is 10.0 Å². The van der Waals surface area contributed by atoms with Crippen LogP contribution in [0.4, 0.5) is 4.39 Å². The SMILES string of the molecule is CC1(C)C=C(c2ccc(F)cc2)C(c2ccc(S(N)(=O)=O)cc2)=C1. The third-order valence-corrected chi connectivity index (χ3v) is 4.90. The maximum atomic E-state index is 13.2. The summed E-state index contributed by atoms with van der Waals surface area (Å²) in [5.74, 6) is -0.278. The van der Waals surface area contributed by atoms with Gasteiger partial charge < -0.3 is 0 Å². The lowest BCUT2D eigenvalue weighted by Crippen LogP contribution is -2.11. The summed E-state index contributed by atoms with van der Waals surface area (Å²) in [6.07, 6.45) is 4.25. The molecule has 0 aliphatic heterocycles. The van der Waals surface area contributed by atoms with E-state index in [-0.39, 0.29) is 16.1 Å². The summed E-state index contributed by atoms with van der Waals surface area (Å²) in [5, 5.41) is 5.15. The van der Waals surface area contributed by atoms with E-state index in [2.05, 4.69) is 26.0 Å². The standard InChI is InChI=1S/C19H18FNO2S/c1-19(2)11-17(13-3-7-15(20)8-4-13)18(12-19)14-5-9-16(10-6-14)24(21,22)23/h3-12H,1-2H3,(H2,21,22,23). The van der Waals surface area contributed by atoms with E-state index in [1.807, 2.05) is 0 Å². The molecule has 0 unspecified atom stereocenters. The summed E-state index contributed by atoms with van der Waals surface area (Å²) in [6, 6.07) is 12.8. The first kappa shape index (κ1) is 16.6. The van der Waals surface area contributed by atoms with Gasteiger partial charge in [0.25, 0.3) is 0 Å². The molecule has 0 amide bonds. The Morgan fingerprint density at radius 3 is 1.67 bits per heavy atom. The maximum Gasteiger partial charge on any atom is 0.238 e. The van der Waals surface area contributed by atoms with E-state index < -0.39 is 10.0 Å². The fourth-order valence-corrected chi connectivity index (χ4v) is 3.39. The van der Waals surface area contributed by atoms with Gasteiger partial charge in [0.2, 0.25) is 10.0 Å². The van der Waals surface area contributed by atoms with E-state index in [9.17, 15) is 12.8 Å². The number of hydrogen-bond donors (Lipinski definition) is 1. The van der Waals surface area contributed by atoms with Crippen LogP contribution >= 0.6 is 0 Å². The Bertz CT molecular complexity index is 938. The van der Waals surface area contributed by atoms with Crippen LogP contribution in [0.5, 0.6) is 0 Å². The van der Waals surface area contributed by atoms with Crippen molar-refractivity contribution in [2.45, 2.75) is 18.7 Å². The molecule has 0 saturated carbocycles. The smallest absolute Gasteiger partial charge is 0.225 e. The fraction of sp³-hybridized carbons (Fsp3) is 0.158. The Labute approximate surface area is 141 Å². The molecule has 3 nitrogen and oxygen atoms in total. The van der Waals surface area contributed by atoms with Gasteiger partial charge in [-0.25, -0.2) is 17.9 Å². The fourth-order valence-electron chi connectivity index (χ4n) is 2.87. The molecular weight excluding hydrogens is 325 g/mol. The second-order valence-corrected chi connectivity index (χ2v) is 8.08. The van der Waals surface area contributed by atoms with E-state index >= 15 is 0 Å². The van der Waals surface area contributed by atoms with Gasteiger partial charge in [0.05, 0.1) is 4.90 Å². The van der Waals surface area contributed by atoms with Crippen LogP contribution in [0, 0.1) is 11.2 Å². The predicted molar refractivity (Wildman–Crippen MR) is 94.0 cm³/mol. The molecule has 0 fully saturated rings. The van der Waals surface area contributed by atoms with E-state index in [0.29, 0.717) is 0 Å². The number of rotatable bonds is 3. The van der Waals surface area contributed by atoms with Gasteiger partial charge in [0.15, 0.2) is 0 Å². The summed E-state index contributed by atoms with van der Waals surface area (Å²) in [6.45, 7) is 4.17. The summed E-state index contributed by atoms with van der Waals surface area (Å²) in [7, 11) is -3.71. The first-order chi connectivity index (χ1) is 11.2. The zero-order valence-corrected chi connectivity index (χ0v) is 14.3. The highest BCUT2D eigenvalue weighted by Crippen LogP contribution is 2.43. The van der Waals surface area contributed by atoms with Gasteiger partial charge in [0.1, 0.15) is 5.82 Å². The van der Waals surface area contributed by atoms with E-state index in [4.69, 9.17) is 5.14 Å². The lowest BCUT2D eigenvalue weighted by molar-refractivity contribution is 0.598. The quantitative estimate of drug-likeness (QED) is 0.916. The lowest BCUT2D eigenvalue weighted by atomic mass is 9.95. The van der Waals surface area contributed by atoms with Gasteiger partial charge in [-0.05, 0) is 46.5 Å². The number of hydrogen-bond acceptors (Lipinski definition) is 2. The molecule has 2 aromatic rings. The van der Waals surface area contributed by atoms with E-state index in [1.165, 1.54) is 24.3 Å². The number of sulfonamides is 1. The summed E-state index contributed by atoms with van der Waals surface area (Å²) >= 11 is 0. The van der Waals surface area contributed by atoms with Crippen LogP contribution in [0.25, 0.3) is 11.1 Å². The molecule has 24 heavy (non-hydrogen) atoms. The second-order valence-electron chi connectivity index (χ2n) is 6.51. The third kappa shape index (κ3) is 3.32. The minimum atomic E-state index is -3.71. The molecule has 0 spiro atoms. The molecule has 0 saturated heterocycles. The van der Waals surface area contributed by atoms with Crippen molar-refractivity contribution in [1.29, 1.82) is 0 Å². The molecule has 1 aliphatic carbocycles. The molecule has 0 atom stereocenters. The maximum absolute atomic E-state index is 13.2. The Kier molecular flexibility index (Phi) is 3.94. The highest BCUT2D eigenvalue weighted by atomic mass is 32.2. The summed E-state index contributed by atoms with van der Waals surface area (Å²) < 4.78 is 36.0. The molecule has 2 aromatic carbocycles. The molecule has 0 heterocycles. The predicted octanol–water partition coefficient (Wildman–Crippen LogP) is 3.98. The van der Waals surface area contributed by atoms with Crippen molar-refractivity contribution < 1.29 is 12.8 Å². The van der Waals surface area contributed by atoms with Crippen LogP contribution < -0.4 is 5.14 Å². The molecule has 0 aromatic heterocycles. The zero-order valence-electron chi connectivity index (χ0n) is 13.5. The van der Waals surface area contributed by atoms with Gasteiger partial charge in [-0.1, -0.05) is 50.3 Å². The van der Waals surface area contributed by atoms with Crippen molar-refractivity contribution >= 4 is 21.2 Å². The van der Waals surface area contributed by atoms with Crippen LogP contribution in [0.15, 0.2) is 65.6 Å². The molecule has 3 rings (SSSR count). The van der Waals surface area contributed by atoms with Crippen LogP contribution in [0.1, 0.15) is 25.0 Å². The molecule has 1 aliphatic rings. The Morgan fingerprint density at radius 2 is 1.25 bits per heavy atom. The number of allylic oxidation sites excluding steroid dienone is 4. The Balaban J connectivity index is 2.05. The Morgan fingerprint density at radius 1 is 0.833 bits per heavy atom. The van der Waals surface area contributed by atoms with Crippen LogP contribution in [0.3, 0.4) is 0 Å². The lowest BCUT2D eigenvalue weighted by Gasteiger charge is -2.10. The number of primary sulfonamides is 1. The minimum absolute atomic E-state index is 0.0800. The number of halogens is 1.